The number of fused-ring (bicyclic) bond motifs is 5. The van der Waals surface area contributed by atoms with Gasteiger partial charge in [-0.2, -0.15) is 0 Å². The molecule has 1 unspecified atom stereocenters. The molecule has 1 fully saturated rings. The van der Waals surface area contributed by atoms with Gasteiger partial charge >= 0.3 is 6.03 Å². The molecular formula is C21H19N4O5-. The summed E-state index contributed by atoms with van der Waals surface area (Å²) in [6.45, 7) is 2.05. The standard InChI is InChI=1S/C21H19N4O5/c1-21-18-13(14-11-12(30-2)7-8-15(14)22-18)9-10-23(21)20(27)24(19(21)26)16-5-3-4-6-17(16)25(28)29/h3-8,11,22,28H,9-10H2,1-2H3/q-1. The molecule has 9 nitrogen and oxygen atoms in total. The van der Waals surface area contributed by atoms with Crippen molar-refractivity contribution in [2.45, 2.75) is 18.9 Å². The number of nitrogens with one attached hydrogen (secondary N) is 1. The first kappa shape index (κ1) is 18.5. The van der Waals surface area contributed by atoms with Crippen LogP contribution in [0.3, 0.4) is 0 Å². The van der Waals surface area contributed by atoms with Crippen molar-refractivity contribution in [2.75, 3.05) is 23.8 Å². The summed E-state index contributed by atoms with van der Waals surface area (Å²) in [5.41, 5.74) is 1.07. The molecule has 0 saturated carbocycles. The van der Waals surface area contributed by atoms with Gasteiger partial charge in [-0.3, -0.25) is 10.0 Å². The summed E-state index contributed by atoms with van der Waals surface area (Å²) >= 11 is 0. The molecule has 0 bridgehead atoms. The number of nitrogens with zero attached hydrogens (tertiary/aromatic N) is 3. The first-order chi connectivity index (χ1) is 14.4. The average molecular weight is 407 g/mol. The number of aromatic nitrogens is 1. The van der Waals surface area contributed by atoms with E-state index in [1.54, 1.807) is 26.2 Å². The Bertz CT molecular complexity index is 1200. The minimum Gasteiger partial charge on any atom is -0.733 e. The summed E-state index contributed by atoms with van der Waals surface area (Å²) in [6.07, 6.45) is 0.570. The fraction of sp³-hybridized carbons (Fsp3) is 0.238. The molecule has 154 valence electrons. The molecule has 3 aromatic rings. The Morgan fingerprint density at radius 1 is 1.23 bits per heavy atom. The predicted octanol–water partition coefficient (Wildman–Crippen LogP) is 3.11. The molecule has 3 amide bonds. The number of ether oxygens (including phenoxy) is 1. The number of para-hydroxylation sites is 2. The van der Waals surface area contributed by atoms with Gasteiger partial charge in [0.05, 0.1) is 24.2 Å². The van der Waals surface area contributed by atoms with Crippen molar-refractivity contribution in [1.82, 2.24) is 9.88 Å². The molecule has 9 heteroatoms. The number of imide groups is 1. The Hall–Kier alpha value is -3.56. The van der Waals surface area contributed by atoms with Crippen LogP contribution >= 0.6 is 0 Å². The van der Waals surface area contributed by atoms with E-state index in [-0.39, 0.29) is 16.6 Å². The smallest absolute Gasteiger partial charge is 0.332 e. The zero-order valence-corrected chi connectivity index (χ0v) is 16.4. The second kappa shape index (κ2) is 6.22. The van der Waals surface area contributed by atoms with Crippen molar-refractivity contribution < 1.29 is 19.5 Å². The van der Waals surface area contributed by atoms with E-state index in [0.717, 1.165) is 21.4 Å². The lowest BCUT2D eigenvalue weighted by Crippen LogP contribution is -2.49. The molecule has 1 aromatic heterocycles. The fourth-order valence-corrected chi connectivity index (χ4v) is 4.57. The second-order valence-corrected chi connectivity index (χ2v) is 7.55. The summed E-state index contributed by atoms with van der Waals surface area (Å²) in [5.74, 6) is 0.223. The molecule has 1 saturated heterocycles. The van der Waals surface area contributed by atoms with Crippen LogP contribution in [0.5, 0.6) is 5.75 Å². The monoisotopic (exact) mass is 407 g/mol. The molecule has 2 aliphatic rings. The van der Waals surface area contributed by atoms with Crippen molar-refractivity contribution >= 4 is 34.2 Å². The largest absolute Gasteiger partial charge is 0.733 e. The normalized spacial score (nSPS) is 20.5. The summed E-state index contributed by atoms with van der Waals surface area (Å²) < 4.78 is 5.33. The molecular weight excluding hydrogens is 388 g/mol. The number of urea groups is 1. The molecule has 2 aromatic carbocycles. The minimum atomic E-state index is -1.26. The van der Waals surface area contributed by atoms with E-state index >= 15 is 0 Å². The predicted molar refractivity (Wildman–Crippen MR) is 110 cm³/mol. The van der Waals surface area contributed by atoms with Gasteiger partial charge < -0.3 is 25.1 Å². The Labute approximate surface area is 171 Å². The number of aromatic amines is 1. The third kappa shape index (κ3) is 2.24. The van der Waals surface area contributed by atoms with Gasteiger partial charge in [0, 0.05) is 17.4 Å². The van der Waals surface area contributed by atoms with Gasteiger partial charge in [0.25, 0.3) is 5.91 Å². The Balaban J connectivity index is 1.68. The fourth-order valence-electron chi connectivity index (χ4n) is 4.57. The van der Waals surface area contributed by atoms with Gasteiger partial charge in [0.1, 0.15) is 5.75 Å². The maximum atomic E-state index is 13.6. The summed E-state index contributed by atoms with van der Waals surface area (Å²) in [4.78, 5) is 32.7. The van der Waals surface area contributed by atoms with E-state index in [9.17, 15) is 20.0 Å². The van der Waals surface area contributed by atoms with E-state index in [4.69, 9.17) is 4.74 Å². The number of amides is 3. The molecule has 1 atom stereocenters. The summed E-state index contributed by atoms with van der Waals surface area (Å²) in [7, 11) is 1.60. The van der Waals surface area contributed by atoms with Crippen molar-refractivity contribution in [3.63, 3.8) is 0 Å². The Morgan fingerprint density at radius 2 is 2.00 bits per heavy atom. The number of rotatable bonds is 3. The number of benzene rings is 2. The molecule has 30 heavy (non-hydrogen) atoms. The van der Waals surface area contributed by atoms with Crippen molar-refractivity contribution in [1.29, 1.82) is 0 Å². The molecule has 0 aliphatic carbocycles. The number of hydrogen-bond donors (Lipinski definition) is 2. The molecule has 5 rings (SSSR count). The molecule has 2 aliphatic heterocycles. The van der Waals surface area contributed by atoms with Crippen LogP contribution in [0, 0.1) is 5.21 Å². The number of H-pyrrole nitrogens is 1. The maximum absolute atomic E-state index is 13.6. The van der Waals surface area contributed by atoms with Gasteiger partial charge in [-0.15, -0.1) is 0 Å². The molecule has 2 N–H and O–H groups in total. The highest BCUT2D eigenvalue weighted by molar-refractivity contribution is 6.24. The van der Waals surface area contributed by atoms with Crippen molar-refractivity contribution in [2.24, 2.45) is 0 Å². The average Bonchev–Trinajstić information content (AvgIpc) is 3.21. The van der Waals surface area contributed by atoms with Crippen molar-refractivity contribution in [3.8, 4) is 5.75 Å². The van der Waals surface area contributed by atoms with Gasteiger partial charge in [0.15, 0.2) is 5.54 Å². The Kier molecular flexibility index (Phi) is 3.83. The highest BCUT2D eigenvalue weighted by atomic mass is 16.8. The maximum Gasteiger partial charge on any atom is 0.332 e. The van der Waals surface area contributed by atoms with Gasteiger partial charge in [0.2, 0.25) is 0 Å². The minimum absolute atomic E-state index is 0.0416. The van der Waals surface area contributed by atoms with Crippen LogP contribution in [0.4, 0.5) is 16.2 Å². The number of anilines is 2. The van der Waals surface area contributed by atoms with Crippen molar-refractivity contribution in [3.05, 3.63) is 58.9 Å². The lowest BCUT2D eigenvalue weighted by atomic mass is 9.87. The van der Waals surface area contributed by atoms with Gasteiger partial charge in [-0.05, 0) is 49.2 Å². The highest BCUT2D eigenvalue weighted by Gasteiger charge is 2.59. The van der Waals surface area contributed by atoms with Crippen LogP contribution in [0.2, 0.25) is 0 Å². The number of methoxy groups -OCH3 is 1. The molecule has 0 radical (unpaired) electrons. The summed E-state index contributed by atoms with van der Waals surface area (Å²) in [6, 6.07) is 11.1. The third-order valence-corrected chi connectivity index (χ3v) is 6.10. The van der Waals surface area contributed by atoms with Crippen LogP contribution < -0.4 is 14.9 Å². The first-order valence-corrected chi connectivity index (χ1v) is 9.48. The van der Waals surface area contributed by atoms with Crippen LogP contribution in [0.25, 0.3) is 10.9 Å². The zero-order chi connectivity index (χ0) is 21.2. The number of carbonyl (C=O) groups is 2. The van der Waals surface area contributed by atoms with Gasteiger partial charge in [-0.25, -0.2) is 9.69 Å². The van der Waals surface area contributed by atoms with E-state index in [0.29, 0.717) is 24.4 Å². The van der Waals surface area contributed by atoms with Crippen LogP contribution in [0.1, 0.15) is 18.2 Å². The Morgan fingerprint density at radius 3 is 2.73 bits per heavy atom. The summed E-state index contributed by atoms with van der Waals surface area (Å²) in [5, 5.41) is 21.7. The second-order valence-electron chi connectivity index (χ2n) is 7.55. The van der Waals surface area contributed by atoms with E-state index in [1.165, 1.54) is 17.0 Å². The first-order valence-electron chi connectivity index (χ1n) is 9.48. The zero-order valence-electron chi connectivity index (χ0n) is 16.4. The van der Waals surface area contributed by atoms with Gasteiger partial charge in [-0.1, -0.05) is 12.1 Å². The van der Waals surface area contributed by atoms with Crippen LogP contribution in [-0.4, -0.2) is 40.7 Å². The van der Waals surface area contributed by atoms with Crippen LogP contribution in [-0.2, 0) is 16.8 Å². The topological polar surface area (TPSA) is 112 Å². The lowest BCUT2D eigenvalue weighted by Gasteiger charge is -2.35. The molecule has 0 spiro atoms. The SMILES string of the molecule is COc1ccc2[nH]c3c(c2c1)CCN1C(=O)N(c2ccccc2N([O-])O)C(=O)C31C. The third-order valence-electron chi connectivity index (χ3n) is 6.10. The van der Waals surface area contributed by atoms with E-state index in [2.05, 4.69) is 4.98 Å². The quantitative estimate of drug-likeness (QED) is 0.510. The lowest BCUT2D eigenvalue weighted by molar-refractivity contribution is -0.125. The number of hydrogen-bond acceptors (Lipinski definition) is 6. The number of carbonyl (C=O) groups excluding carboxylic acids is 2. The van der Waals surface area contributed by atoms with Crippen LogP contribution in [0.15, 0.2) is 42.5 Å². The highest BCUT2D eigenvalue weighted by Crippen LogP contribution is 2.46. The molecule has 3 heterocycles. The van der Waals surface area contributed by atoms with E-state index < -0.39 is 17.5 Å². The van der Waals surface area contributed by atoms with E-state index in [1.807, 2.05) is 18.2 Å².